The van der Waals surface area contributed by atoms with Gasteiger partial charge < -0.3 is 15.4 Å². The van der Waals surface area contributed by atoms with Crippen molar-refractivity contribution in [2.24, 2.45) is 5.73 Å². The topological polar surface area (TPSA) is 73.4 Å². The highest BCUT2D eigenvalue weighted by molar-refractivity contribution is 5.93. The van der Waals surface area contributed by atoms with E-state index in [-0.39, 0.29) is 17.9 Å². The Balaban J connectivity index is 1.79. The zero-order chi connectivity index (χ0) is 18.8. The molecule has 6 nitrogen and oxygen atoms in total. The van der Waals surface area contributed by atoms with E-state index < -0.39 is 0 Å². The molecule has 1 saturated heterocycles. The molecule has 2 heterocycles. The van der Waals surface area contributed by atoms with Crippen molar-refractivity contribution in [2.45, 2.75) is 45.2 Å². The molecule has 1 aromatic heterocycles. The van der Waals surface area contributed by atoms with Crippen molar-refractivity contribution in [1.29, 1.82) is 0 Å². The van der Waals surface area contributed by atoms with Crippen molar-refractivity contribution in [3.63, 3.8) is 0 Å². The number of methoxy groups -OCH3 is 1. The number of aromatic nitrogens is 2. The van der Waals surface area contributed by atoms with E-state index in [1.54, 1.807) is 11.8 Å². The summed E-state index contributed by atoms with van der Waals surface area (Å²) in [6.07, 6.45) is 0. The van der Waals surface area contributed by atoms with Crippen LogP contribution in [0.15, 0.2) is 30.3 Å². The lowest BCUT2D eigenvalue weighted by atomic mass is 9.95. The van der Waals surface area contributed by atoms with Gasteiger partial charge in [-0.05, 0) is 36.6 Å². The first-order valence-corrected chi connectivity index (χ1v) is 9.21. The number of hydrogen-bond acceptors (Lipinski definition) is 4. The summed E-state index contributed by atoms with van der Waals surface area (Å²) in [6, 6.07) is 9.79. The Morgan fingerprint density at radius 3 is 2.58 bits per heavy atom. The van der Waals surface area contributed by atoms with E-state index in [1.165, 1.54) is 0 Å². The van der Waals surface area contributed by atoms with Crippen LogP contribution >= 0.6 is 0 Å². The average molecular weight is 356 g/mol. The van der Waals surface area contributed by atoms with Gasteiger partial charge in [0.15, 0.2) is 0 Å². The molecule has 2 atom stereocenters. The van der Waals surface area contributed by atoms with Gasteiger partial charge in [-0.15, -0.1) is 0 Å². The van der Waals surface area contributed by atoms with Crippen molar-refractivity contribution in [2.75, 3.05) is 20.2 Å². The molecule has 0 saturated carbocycles. The van der Waals surface area contributed by atoms with Crippen molar-refractivity contribution < 1.29 is 9.53 Å². The number of amides is 1. The van der Waals surface area contributed by atoms with Crippen molar-refractivity contribution in [3.8, 4) is 5.75 Å². The van der Waals surface area contributed by atoms with Crippen LogP contribution in [0.5, 0.6) is 5.75 Å². The molecule has 0 radical (unpaired) electrons. The van der Waals surface area contributed by atoms with Gasteiger partial charge in [-0.2, -0.15) is 5.10 Å². The van der Waals surface area contributed by atoms with Gasteiger partial charge >= 0.3 is 0 Å². The number of nitrogens with zero attached hydrogens (tertiary/aromatic N) is 3. The summed E-state index contributed by atoms with van der Waals surface area (Å²) in [5.41, 5.74) is 9.10. The van der Waals surface area contributed by atoms with Crippen LogP contribution in [0, 0.1) is 0 Å². The summed E-state index contributed by atoms with van der Waals surface area (Å²) in [5.74, 6) is 1.26. The minimum absolute atomic E-state index is 0.0118. The SMILES string of the molecule is CCn1nc(C(C)C)cc1C(=O)N1CC(N)C(c2ccc(OC)cc2)C1. The number of aryl methyl sites for hydroxylation is 1. The molecule has 6 heteroatoms. The number of rotatable bonds is 5. The Bertz CT molecular complexity index is 767. The first kappa shape index (κ1) is 18.5. The maximum absolute atomic E-state index is 13.1. The smallest absolute Gasteiger partial charge is 0.272 e. The van der Waals surface area contributed by atoms with Crippen LogP contribution in [0.2, 0.25) is 0 Å². The lowest BCUT2D eigenvalue weighted by Gasteiger charge is -2.17. The van der Waals surface area contributed by atoms with Crippen LogP contribution in [0.3, 0.4) is 0 Å². The summed E-state index contributed by atoms with van der Waals surface area (Å²) in [4.78, 5) is 14.9. The summed E-state index contributed by atoms with van der Waals surface area (Å²) in [5, 5.41) is 4.56. The van der Waals surface area contributed by atoms with E-state index in [9.17, 15) is 4.79 Å². The normalized spacial score (nSPS) is 20.0. The standard InChI is InChI=1S/C20H28N4O2/c1-5-24-19(10-18(22-24)13(2)3)20(25)23-11-16(17(21)12-23)14-6-8-15(26-4)9-7-14/h6-10,13,16-17H,5,11-12,21H2,1-4H3. The predicted molar refractivity (Wildman–Crippen MR) is 102 cm³/mol. The molecule has 2 aromatic rings. The summed E-state index contributed by atoms with van der Waals surface area (Å²) in [7, 11) is 1.65. The van der Waals surface area contributed by atoms with Gasteiger partial charge in [-0.3, -0.25) is 9.48 Å². The molecule has 0 bridgehead atoms. The van der Waals surface area contributed by atoms with Crippen molar-refractivity contribution in [1.82, 2.24) is 14.7 Å². The molecule has 1 fully saturated rings. The molecule has 2 N–H and O–H groups in total. The van der Waals surface area contributed by atoms with Crippen LogP contribution in [0.1, 0.15) is 54.4 Å². The zero-order valence-electron chi connectivity index (χ0n) is 16.0. The molecule has 3 rings (SSSR count). The van der Waals surface area contributed by atoms with Gasteiger partial charge in [0.2, 0.25) is 0 Å². The molecule has 1 aliphatic heterocycles. The molecule has 1 amide bonds. The Hall–Kier alpha value is -2.34. The monoisotopic (exact) mass is 356 g/mol. The van der Waals surface area contributed by atoms with Crippen LogP contribution in [0.25, 0.3) is 0 Å². The number of benzene rings is 1. The lowest BCUT2D eigenvalue weighted by molar-refractivity contribution is 0.0777. The Labute approximate surface area is 154 Å². The second-order valence-corrected chi connectivity index (χ2v) is 7.18. The molecule has 0 aliphatic carbocycles. The summed E-state index contributed by atoms with van der Waals surface area (Å²) >= 11 is 0. The van der Waals surface area contributed by atoms with Crippen molar-refractivity contribution >= 4 is 5.91 Å². The first-order valence-electron chi connectivity index (χ1n) is 9.21. The Morgan fingerprint density at radius 2 is 2.00 bits per heavy atom. The molecule has 2 unspecified atom stereocenters. The Morgan fingerprint density at radius 1 is 1.31 bits per heavy atom. The van der Waals surface area contributed by atoms with E-state index >= 15 is 0 Å². The third kappa shape index (κ3) is 3.46. The summed E-state index contributed by atoms with van der Waals surface area (Å²) in [6.45, 7) is 8.03. The minimum atomic E-state index is -0.0742. The van der Waals surface area contributed by atoms with Gasteiger partial charge in [-0.25, -0.2) is 0 Å². The number of carbonyl (C=O) groups excluding carboxylic acids is 1. The quantitative estimate of drug-likeness (QED) is 0.894. The van der Waals surface area contributed by atoms with Crippen LogP contribution in [-0.4, -0.2) is 46.8 Å². The zero-order valence-corrected chi connectivity index (χ0v) is 16.0. The average Bonchev–Trinajstić information content (AvgIpc) is 3.25. The van der Waals surface area contributed by atoms with E-state index in [0.29, 0.717) is 31.2 Å². The molecule has 1 aliphatic rings. The fraction of sp³-hybridized carbons (Fsp3) is 0.500. The highest BCUT2D eigenvalue weighted by Crippen LogP contribution is 2.29. The molecule has 0 spiro atoms. The number of ether oxygens (including phenoxy) is 1. The fourth-order valence-corrected chi connectivity index (χ4v) is 3.49. The second kappa shape index (κ2) is 7.50. The fourth-order valence-electron chi connectivity index (χ4n) is 3.49. The highest BCUT2D eigenvalue weighted by Gasteiger charge is 2.35. The lowest BCUT2D eigenvalue weighted by Crippen LogP contribution is -2.33. The van der Waals surface area contributed by atoms with E-state index in [0.717, 1.165) is 17.0 Å². The maximum atomic E-state index is 13.1. The van der Waals surface area contributed by atoms with E-state index in [2.05, 4.69) is 18.9 Å². The van der Waals surface area contributed by atoms with E-state index in [1.807, 2.05) is 42.2 Å². The van der Waals surface area contributed by atoms with Crippen LogP contribution in [0.4, 0.5) is 0 Å². The first-order chi connectivity index (χ1) is 12.4. The molecule has 140 valence electrons. The number of likely N-dealkylation sites (tertiary alicyclic amines) is 1. The van der Waals surface area contributed by atoms with Gasteiger partial charge in [0.25, 0.3) is 5.91 Å². The van der Waals surface area contributed by atoms with Crippen LogP contribution in [-0.2, 0) is 6.54 Å². The maximum Gasteiger partial charge on any atom is 0.272 e. The number of nitrogens with two attached hydrogens (primary N) is 1. The minimum Gasteiger partial charge on any atom is -0.497 e. The summed E-state index contributed by atoms with van der Waals surface area (Å²) < 4.78 is 7.01. The molecular weight excluding hydrogens is 328 g/mol. The second-order valence-electron chi connectivity index (χ2n) is 7.18. The Kier molecular flexibility index (Phi) is 5.32. The number of carbonyl (C=O) groups is 1. The third-order valence-corrected chi connectivity index (χ3v) is 5.11. The molecular formula is C20H28N4O2. The van der Waals surface area contributed by atoms with Crippen LogP contribution < -0.4 is 10.5 Å². The predicted octanol–water partition coefficient (Wildman–Crippen LogP) is 2.60. The third-order valence-electron chi connectivity index (χ3n) is 5.11. The van der Waals surface area contributed by atoms with Gasteiger partial charge in [0.05, 0.1) is 12.8 Å². The van der Waals surface area contributed by atoms with Gasteiger partial charge in [-0.1, -0.05) is 26.0 Å². The van der Waals surface area contributed by atoms with Gasteiger partial charge in [0.1, 0.15) is 11.4 Å². The van der Waals surface area contributed by atoms with Gasteiger partial charge in [0, 0.05) is 31.6 Å². The highest BCUT2D eigenvalue weighted by atomic mass is 16.5. The largest absolute Gasteiger partial charge is 0.497 e. The van der Waals surface area contributed by atoms with E-state index in [4.69, 9.17) is 10.5 Å². The van der Waals surface area contributed by atoms with Crippen molar-refractivity contribution in [3.05, 3.63) is 47.3 Å². The number of hydrogen-bond donors (Lipinski definition) is 1. The molecule has 1 aromatic carbocycles. The molecule has 26 heavy (non-hydrogen) atoms.